The molecule has 2 N–H and O–H groups in total. The zero-order chi connectivity index (χ0) is 17.1. The molecule has 2 unspecified atom stereocenters. The molecular formula is C19H28N2O3. The maximum atomic E-state index is 12.5. The highest BCUT2D eigenvalue weighted by atomic mass is 16.5. The molecule has 0 aliphatic carbocycles. The highest BCUT2D eigenvalue weighted by molar-refractivity contribution is 5.92. The maximum absolute atomic E-state index is 12.5. The minimum absolute atomic E-state index is 0.0501. The third-order valence-corrected chi connectivity index (χ3v) is 4.87. The Morgan fingerprint density at radius 2 is 2.00 bits per heavy atom. The van der Waals surface area contributed by atoms with Gasteiger partial charge in [0.15, 0.2) is 0 Å². The number of anilines is 1. The van der Waals surface area contributed by atoms with Crippen LogP contribution in [-0.2, 0) is 4.79 Å². The Kier molecular flexibility index (Phi) is 5.29. The van der Waals surface area contributed by atoms with Gasteiger partial charge in [0.05, 0.1) is 18.9 Å². The molecule has 5 heteroatoms. The number of hydrogen-bond donors (Lipinski definition) is 2. The predicted octanol–water partition coefficient (Wildman–Crippen LogP) is 3.34. The summed E-state index contributed by atoms with van der Waals surface area (Å²) in [5, 5.41) is 6.64. The summed E-state index contributed by atoms with van der Waals surface area (Å²) in [7, 11) is 1.62. The molecule has 2 aliphatic heterocycles. The van der Waals surface area contributed by atoms with Crippen molar-refractivity contribution in [2.75, 3.05) is 12.4 Å². The summed E-state index contributed by atoms with van der Waals surface area (Å²) in [6, 6.07) is 6.73. The van der Waals surface area contributed by atoms with Crippen molar-refractivity contribution in [3.05, 3.63) is 18.2 Å². The van der Waals surface area contributed by atoms with Crippen LogP contribution in [0.15, 0.2) is 18.2 Å². The minimum atomic E-state index is 0.0501. The molecular weight excluding hydrogens is 304 g/mol. The fourth-order valence-corrected chi connectivity index (χ4v) is 3.90. The quantitative estimate of drug-likeness (QED) is 0.839. The Bertz CT molecular complexity index is 576. The summed E-state index contributed by atoms with van der Waals surface area (Å²) in [6.07, 6.45) is 5.35. The summed E-state index contributed by atoms with van der Waals surface area (Å²) in [5.74, 6) is 1.93. The Morgan fingerprint density at radius 1 is 1.29 bits per heavy atom. The van der Waals surface area contributed by atoms with Crippen LogP contribution in [0, 0.1) is 5.92 Å². The molecule has 3 rings (SSSR count). The van der Waals surface area contributed by atoms with Gasteiger partial charge in [-0.3, -0.25) is 4.79 Å². The van der Waals surface area contributed by atoms with Crippen LogP contribution in [0.1, 0.15) is 46.0 Å². The van der Waals surface area contributed by atoms with Crippen molar-refractivity contribution in [2.24, 2.45) is 5.92 Å². The van der Waals surface area contributed by atoms with Crippen molar-refractivity contribution in [3.63, 3.8) is 0 Å². The summed E-state index contributed by atoms with van der Waals surface area (Å²) in [5.41, 5.74) is 0.685. The lowest BCUT2D eigenvalue weighted by Crippen LogP contribution is -2.39. The van der Waals surface area contributed by atoms with Crippen LogP contribution in [0.5, 0.6) is 11.5 Å². The lowest BCUT2D eigenvalue weighted by atomic mass is 9.89. The highest BCUT2D eigenvalue weighted by Gasteiger charge is 2.34. The Balaban J connectivity index is 1.64. The molecule has 2 atom stereocenters. The number of hydrogen-bond acceptors (Lipinski definition) is 4. The average Bonchev–Trinajstić information content (AvgIpc) is 2.87. The van der Waals surface area contributed by atoms with Crippen molar-refractivity contribution in [3.8, 4) is 11.5 Å². The summed E-state index contributed by atoms with van der Waals surface area (Å²) in [6.45, 7) is 3.95. The number of amides is 1. The Labute approximate surface area is 144 Å². The van der Waals surface area contributed by atoms with E-state index in [1.807, 2.05) is 32.0 Å². The number of nitrogens with one attached hydrogen (secondary N) is 2. The standard InChI is InChI=1S/C19H28N2O3/c1-12(2)24-18-7-6-16(23-3)11-17(18)21-19(22)10-13-8-14-4-5-15(9-13)20-14/h6-7,11-15,20H,4-5,8-10H2,1-3H3,(H,21,22). The Hall–Kier alpha value is -1.75. The molecule has 1 amide bonds. The topological polar surface area (TPSA) is 59.6 Å². The van der Waals surface area contributed by atoms with E-state index in [-0.39, 0.29) is 12.0 Å². The van der Waals surface area contributed by atoms with Gasteiger partial charge in [-0.2, -0.15) is 0 Å². The van der Waals surface area contributed by atoms with Gasteiger partial charge < -0.3 is 20.1 Å². The number of ether oxygens (including phenoxy) is 2. The molecule has 0 spiro atoms. The fourth-order valence-electron chi connectivity index (χ4n) is 3.90. The van der Waals surface area contributed by atoms with Crippen LogP contribution >= 0.6 is 0 Å². The highest BCUT2D eigenvalue weighted by Crippen LogP contribution is 2.34. The Morgan fingerprint density at radius 3 is 2.62 bits per heavy atom. The minimum Gasteiger partial charge on any atom is -0.497 e. The van der Waals surface area contributed by atoms with Crippen LogP contribution in [-0.4, -0.2) is 31.2 Å². The molecule has 0 radical (unpaired) electrons. The van der Waals surface area contributed by atoms with Crippen LogP contribution in [0.3, 0.4) is 0 Å². The van der Waals surface area contributed by atoms with Crippen molar-refractivity contribution < 1.29 is 14.3 Å². The molecule has 0 aromatic heterocycles. The first-order valence-electron chi connectivity index (χ1n) is 8.94. The van der Waals surface area contributed by atoms with Gasteiger partial charge in [-0.05, 0) is 57.6 Å². The molecule has 1 aromatic carbocycles. The number of benzene rings is 1. The first-order valence-corrected chi connectivity index (χ1v) is 8.94. The zero-order valence-electron chi connectivity index (χ0n) is 14.8. The summed E-state index contributed by atoms with van der Waals surface area (Å²) >= 11 is 0. The predicted molar refractivity (Wildman–Crippen MR) is 94.7 cm³/mol. The lowest BCUT2D eigenvalue weighted by molar-refractivity contribution is -0.117. The number of fused-ring (bicyclic) bond motifs is 2. The molecule has 2 aliphatic rings. The van der Waals surface area contributed by atoms with E-state index in [1.165, 1.54) is 12.8 Å². The molecule has 132 valence electrons. The molecule has 1 aromatic rings. The van der Waals surface area contributed by atoms with Crippen molar-refractivity contribution in [1.29, 1.82) is 0 Å². The van der Waals surface area contributed by atoms with Gasteiger partial charge in [-0.25, -0.2) is 0 Å². The lowest BCUT2D eigenvalue weighted by Gasteiger charge is -2.28. The van der Waals surface area contributed by atoms with Gasteiger partial charge in [-0.15, -0.1) is 0 Å². The van der Waals surface area contributed by atoms with Crippen molar-refractivity contribution in [1.82, 2.24) is 5.32 Å². The van der Waals surface area contributed by atoms with E-state index in [9.17, 15) is 4.79 Å². The first-order chi connectivity index (χ1) is 11.5. The largest absolute Gasteiger partial charge is 0.497 e. The van der Waals surface area contributed by atoms with E-state index in [4.69, 9.17) is 9.47 Å². The fraction of sp³-hybridized carbons (Fsp3) is 0.632. The van der Waals surface area contributed by atoms with E-state index in [2.05, 4.69) is 10.6 Å². The van der Waals surface area contributed by atoms with E-state index < -0.39 is 0 Å². The van der Waals surface area contributed by atoms with E-state index in [1.54, 1.807) is 7.11 Å². The zero-order valence-corrected chi connectivity index (χ0v) is 14.8. The van der Waals surface area contributed by atoms with Crippen LogP contribution in [0.2, 0.25) is 0 Å². The van der Waals surface area contributed by atoms with Crippen LogP contribution < -0.4 is 20.1 Å². The van der Waals surface area contributed by atoms with Gasteiger partial charge >= 0.3 is 0 Å². The van der Waals surface area contributed by atoms with E-state index >= 15 is 0 Å². The molecule has 2 heterocycles. The third kappa shape index (κ3) is 4.20. The second-order valence-electron chi connectivity index (χ2n) is 7.26. The molecule has 24 heavy (non-hydrogen) atoms. The molecule has 2 saturated heterocycles. The second kappa shape index (κ2) is 7.43. The number of rotatable bonds is 6. The second-order valence-corrected chi connectivity index (χ2v) is 7.26. The molecule has 5 nitrogen and oxygen atoms in total. The number of piperidine rings is 1. The summed E-state index contributed by atoms with van der Waals surface area (Å²) < 4.78 is 11.1. The maximum Gasteiger partial charge on any atom is 0.224 e. The van der Waals surface area contributed by atoms with Crippen molar-refractivity contribution >= 4 is 11.6 Å². The van der Waals surface area contributed by atoms with Gasteiger partial charge in [0.2, 0.25) is 5.91 Å². The van der Waals surface area contributed by atoms with Gasteiger partial charge in [-0.1, -0.05) is 0 Å². The number of methoxy groups -OCH3 is 1. The SMILES string of the molecule is COc1ccc(OC(C)C)c(NC(=O)CC2CC3CCC(C2)N3)c1. The van der Waals surface area contributed by atoms with Gasteiger partial charge in [0.25, 0.3) is 0 Å². The van der Waals surface area contributed by atoms with Gasteiger partial charge in [0, 0.05) is 24.6 Å². The number of carbonyl (C=O) groups excluding carboxylic acids is 1. The third-order valence-electron chi connectivity index (χ3n) is 4.87. The van der Waals surface area contributed by atoms with Crippen LogP contribution in [0.4, 0.5) is 5.69 Å². The van der Waals surface area contributed by atoms with E-state index in [0.717, 1.165) is 12.8 Å². The first kappa shape index (κ1) is 17.1. The van der Waals surface area contributed by atoms with E-state index in [0.29, 0.717) is 41.6 Å². The molecule has 0 saturated carbocycles. The monoisotopic (exact) mass is 332 g/mol. The molecule has 2 bridgehead atoms. The average molecular weight is 332 g/mol. The smallest absolute Gasteiger partial charge is 0.224 e. The normalized spacial score (nSPS) is 25.6. The van der Waals surface area contributed by atoms with Crippen molar-refractivity contribution in [2.45, 2.75) is 64.1 Å². The van der Waals surface area contributed by atoms with Gasteiger partial charge in [0.1, 0.15) is 11.5 Å². The number of carbonyl (C=O) groups is 1. The van der Waals surface area contributed by atoms with Crippen LogP contribution in [0.25, 0.3) is 0 Å². The molecule has 2 fully saturated rings. The summed E-state index contributed by atoms with van der Waals surface area (Å²) in [4.78, 5) is 12.5.